The molecule has 0 heterocycles. The molecule has 0 amide bonds. The minimum atomic E-state index is -3.09. The molecule has 8 heteroatoms. The zero-order valence-electron chi connectivity index (χ0n) is 15.2. The van der Waals surface area contributed by atoms with Gasteiger partial charge in [-0.2, -0.15) is 0 Å². The van der Waals surface area contributed by atoms with Crippen LogP contribution >= 0.6 is 0 Å². The Morgan fingerprint density at radius 2 is 1.17 bits per heavy atom. The molecule has 0 rings (SSSR count). The van der Waals surface area contributed by atoms with Crippen LogP contribution in [0.5, 0.6) is 0 Å². The van der Waals surface area contributed by atoms with Crippen LogP contribution in [-0.4, -0.2) is 15.3 Å². The van der Waals surface area contributed by atoms with Crippen LogP contribution in [-0.2, 0) is 13.6 Å². The van der Waals surface area contributed by atoms with Crippen molar-refractivity contribution >= 4 is 8.80 Å². The van der Waals surface area contributed by atoms with Crippen molar-refractivity contribution in [2.24, 2.45) is 5.73 Å². The van der Waals surface area contributed by atoms with Crippen molar-refractivity contribution in [3.8, 4) is 0 Å². The van der Waals surface area contributed by atoms with Gasteiger partial charge in [0, 0.05) is 23.1 Å². The van der Waals surface area contributed by atoms with Crippen molar-refractivity contribution in [3.63, 3.8) is 0 Å². The van der Waals surface area contributed by atoms with Crippen LogP contribution in [0.3, 0.4) is 0 Å². The summed E-state index contributed by atoms with van der Waals surface area (Å²) in [4.78, 5) is 0. The molecule has 0 aromatic heterocycles. The van der Waals surface area contributed by atoms with Crippen LogP contribution in [0.2, 0.25) is 6.04 Å². The maximum absolute atomic E-state index is 5.82. The number of hydrogen-bond donors (Lipinski definition) is 4. The third kappa shape index (κ3) is 9.42. The van der Waals surface area contributed by atoms with Crippen molar-refractivity contribution in [3.05, 3.63) is 35.3 Å². The molecular formula is C15H32N4O3Si. The standard InChI is InChI=1S/C15H32N4O3Si/c1-7-13(4)17-20-23(12-10-11-16,21-18-14(5)8-2)22-19-15(6)9-3/h7-9,17-19H,10-12,16H2,1-6H3. The topological polar surface area (TPSA) is 89.8 Å². The summed E-state index contributed by atoms with van der Waals surface area (Å²) in [6, 6.07) is 0.557. The van der Waals surface area contributed by atoms with Crippen LogP contribution in [0.4, 0.5) is 0 Å². The first-order chi connectivity index (χ1) is 10.9. The molecule has 0 aliphatic heterocycles. The van der Waals surface area contributed by atoms with Crippen molar-refractivity contribution in [2.45, 2.75) is 54.0 Å². The highest BCUT2D eigenvalue weighted by Crippen LogP contribution is 2.16. The molecule has 0 atom stereocenters. The molecule has 0 bridgehead atoms. The fourth-order valence-electron chi connectivity index (χ4n) is 1.19. The Kier molecular flexibility index (Phi) is 11.4. The molecule has 0 aliphatic rings. The first kappa shape index (κ1) is 21.7. The maximum atomic E-state index is 5.82. The molecule has 23 heavy (non-hydrogen) atoms. The lowest BCUT2D eigenvalue weighted by molar-refractivity contribution is -0.0166. The quantitative estimate of drug-likeness (QED) is 0.319. The van der Waals surface area contributed by atoms with Gasteiger partial charge in [-0.3, -0.25) is 30.0 Å². The zero-order valence-corrected chi connectivity index (χ0v) is 16.2. The highest BCUT2D eigenvalue weighted by molar-refractivity contribution is 6.60. The van der Waals surface area contributed by atoms with Gasteiger partial charge in [0.1, 0.15) is 0 Å². The molecule has 0 aromatic rings. The predicted molar refractivity (Wildman–Crippen MR) is 95.2 cm³/mol. The summed E-state index contributed by atoms with van der Waals surface area (Å²) in [6.45, 7) is 12.0. The van der Waals surface area contributed by atoms with Crippen molar-refractivity contribution in [1.29, 1.82) is 0 Å². The molecular weight excluding hydrogens is 312 g/mol. The van der Waals surface area contributed by atoms with Gasteiger partial charge < -0.3 is 5.73 Å². The third-order valence-corrected chi connectivity index (χ3v) is 5.29. The molecule has 0 spiro atoms. The molecule has 7 nitrogen and oxygen atoms in total. The summed E-state index contributed by atoms with van der Waals surface area (Å²) >= 11 is 0. The second-order valence-electron chi connectivity index (χ2n) is 5.10. The van der Waals surface area contributed by atoms with Gasteiger partial charge in [-0.25, -0.2) is 0 Å². The Morgan fingerprint density at radius 3 is 1.43 bits per heavy atom. The highest BCUT2D eigenvalue weighted by Gasteiger charge is 2.44. The summed E-state index contributed by atoms with van der Waals surface area (Å²) < 4.78 is 17.4. The number of hydrogen-bond acceptors (Lipinski definition) is 7. The monoisotopic (exact) mass is 344 g/mol. The van der Waals surface area contributed by atoms with Gasteiger partial charge in [0.25, 0.3) is 0 Å². The van der Waals surface area contributed by atoms with E-state index >= 15 is 0 Å². The van der Waals surface area contributed by atoms with Crippen LogP contribution in [0.15, 0.2) is 35.3 Å². The van der Waals surface area contributed by atoms with E-state index in [-0.39, 0.29) is 0 Å². The van der Waals surface area contributed by atoms with Crippen molar-refractivity contribution in [2.75, 3.05) is 6.54 Å². The Morgan fingerprint density at radius 1 is 0.826 bits per heavy atom. The number of hydroxylamine groups is 3. The van der Waals surface area contributed by atoms with Crippen LogP contribution in [0, 0.1) is 0 Å². The van der Waals surface area contributed by atoms with Gasteiger partial charge in [0.15, 0.2) is 0 Å². The molecule has 0 radical (unpaired) electrons. The van der Waals surface area contributed by atoms with E-state index in [9.17, 15) is 0 Å². The molecule has 0 saturated heterocycles. The summed E-state index contributed by atoms with van der Waals surface area (Å²) in [6.07, 6.45) is 6.42. The molecule has 0 aromatic carbocycles. The van der Waals surface area contributed by atoms with Crippen LogP contribution in [0.25, 0.3) is 0 Å². The van der Waals surface area contributed by atoms with E-state index in [0.29, 0.717) is 12.6 Å². The second kappa shape index (κ2) is 12.1. The Balaban J connectivity index is 5.14. The first-order valence-electron chi connectivity index (χ1n) is 7.83. The SMILES string of the molecule is CC=C(C)NO[Si](CCCN)(ONC(C)=CC)ONC(C)=CC. The summed E-state index contributed by atoms with van der Waals surface area (Å²) in [5.41, 5.74) is 16.9. The molecule has 5 N–H and O–H groups in total. The number of nitrogens with two attached hydrogens (primary N) is 1. The smallest absolute Gasteiger partial charge is 0.330 e. The molecule has 0 fully saturated rings. The summed E-state index contributed by atoms with van der Waals surface area (Å²) in [7, 11) is -3.09. The molecule has 0 aliphatic carbocycles. The maximum Gasteiger partial charge on any atom is 0.566 e. The number of nitrogens with one attached hydrogen (secondary N) is 3. The predicted octanol–water partition coefficient (Wildman–Crippen LogP) is 2.61. The normalized spacial score (nSPS) is 16.0. The fourth-order valence-corrected chi connectivity index (χ4v) is 3.20. The highest BCUT2D eigenvalue weighted by atomic mass is 28.4. The molecule has 0 saturated carbocycles. The van der Waals surface area contributed by atoms with E-state index in [0.717, 1.165) is 23.5 Å². The summed E-state index contributed by atoms with van der Waals surface area (Å²) in [5.74, 6) is 0. The fraction of sp³-hybridized carbons (Fsp3) is 0.600. The van der Waals surface area contributed by atoms with Gasteiger partial charge >= 0.3 is 8.80 Å². The number of allylic oxidation sites excluding steroid dienone is 6. The number of rotatable bonds is 12. The average molecular weight is 345 g/mol. The van der Waals surface area contributed by atoms with E-state index < -0.39 is 8.80 Å². The van der Waals surface area contributed by atoms with Crippen molar-refractivity contribution in [1.82, 2.24) is 16.4 Å². The minimum Gasteiger partial charge on any atom is -0.330 e. The van der Waals surface area contributed by atoms with Gasteiger partial charge in [-0.05, 0) is 54.5 Å². The van der Waals surface area contributed by atoms with E-state index in [4.69, 9.17) is 19.3 Å². The lowest BCUT2D eigenvalue weighted by Gasteiger charge is -2.29. The Bertz CT molecular complexity index is 370. The van der Waals surface area contributed by atoms with Gasteiger partial charge in [0.2, 0.25) is 0 Å². The molecule has 134 valence electrons. The third-order valence-electron chi connectivity index (χ3n) is 3.09. The average Bonchev–Trinajstić information content (AvgIpc) is 2.59. The van der Waals surface area contributed by atoms with E-state index in [1.54, 1.807) is 0 Å². The van der Waals surface area contributed by atoms with Crippen LogP contribution < -0.4 is 22.2 Å². The zero-order chi connectivity index (χ0) is 17.7. The largest absolute Gasteiger partial charge is 0.566 e. The lowest BCUT2D eigenvalue weighted by Crippen LogP contribution is -2.54. The first-order valence-corrected chi connectivity index (χ1v) is 9.77. The Hall–Kier alpha value is -1.32. The van der Waals surface area contributed by atoms with E-state index in [1.165, 1.54) is 0 Å². The van der Waals surface area contributed by atoms with E-state index in [2.05, 4.69) is 16.4 Å². The lowest BCUT2D eigenvalue weighted by atomic mass is 10.5. The van der Waals surface area contributed by atoms with Gasteiger partial charge in [-0.15, -0.1) is 0 Å². The van der Waals surface area contributed by atoms with Gasteiger partial charge in [0.05, 0.1) is 0 Å². The van der Waals surface area contributed by atoms with Crippen molar-refractivity contribution < 1.29 is 13.6 Å². The molecule has 0 unspecified atom stereocenters. The minimum absolute atomic E-state index is 0.526. The van der Waals surface area contributed by atoms with E-state index in [1.807, 2.05) is 59.8 Å². The Labute approximate surface area is 141 Å². The van der Waals surface area contributed by atoms with Gasteiger partial charge in [-0.1, -0.05) is 18.2 Å². The van der Waals surface area contributed by atoms with Crippen LogP contribution in [0.1, 0.15) is 48.0 Å². The second-order valence-corrected chi connectivity index (χ2v) is 7.58. The summed E-state index contributed by atoms with van der Waals surface area (Å²) in [5, 5.41) is 0.